The Hall–Kier alpha value is -2.39. The average molecular weight is 332 g/mol. The fourth-order valence-electron chi connectivity index (χ4n) is 2.74. The summed E-state index contributed by atoms with van der Waals surface area (Å²) in [5.74, 6) is -5.57. The largest absolute Gasteiger partial charge is 0.480 e. The van der Waals surface area contributed by atoms with Crippen LogP contribution in [0.3, 0.4) is 0 Å². The first-order chi connectivity index (χ1) is 10.6. The Bertz CT molecular complexity index is 620. The molecule has 1 amide bonds. The van der Waals surface area contributed by atoms with Crippen molar-refractivity contribution in [3.8, 4) is 0 Å². The molecule has 2 heterocycles. The second kappa shape index (κ2) is 5.67. The van der Waals surface area contributed by atoms with Crippen LogP contribution >= 0.6 is 0 Å². The minimum absolute atomic E-state index is 0.0755. The molecule has 1 aliphatic heterocycles. The molecular formula is C13H15F3N4O3. The fraction of sp³-hybridized carbons (Fsp3) is 0.538. The van der Waals surface area contributed by atoms with Crippen molar-refractivity contribution in [2.75, 3.05) is 12.3 Å². The van der Waals surface area contributed by atoms with Gasteiger partial charge in [-0.25, -0.2) is 0 Å². The van der Waals surface area contributed by atoms with Crippen LogP contribution in [0.1, 0.15) is 25.0 Å². The highest BCUT2D eigenvalue weighted by Crippen LogP contribution is 2.46. The Kier molecular flexibility index (Phi) is 4.18. The van der Waals surface area contributed by atoms with Crippen molar-refractivity contribution in [3.05, 3.63) is 17.8 Å². The molecule has 0 radical (unpaired) electrons. The lowest BCUT2D eigenvalue weighted by molar-refractivity contribution is -0.195. The highest BCUT2D eigenvalue weighted by Gasteiger charge is 2.59. The van der Waals surface area contributed by atoms with E-state index >= 15 is 0 Å². The molecule has 23 heavy (non-hydrogen) atoms. The van der Waals surface area contributed by atoms with Gasteiger partial charge in [-0.05, 0) is 18.6 Å². The van der Waals surface area contributed by atoms with E-state index in [0.717, 1.165) is 0 Å². The topological polar surface area (TPSA) is 118 Å². The molecule has 0 saturated carbocycles. The molecule has 0 aromatic carbocycles. The molecule has 1 aromatic rings. The first-order valence-corrected chi connectivity index (χ1v) is 6.76. The molecule has 4 N–H and O–H groups in total. The molecule has 0 aliphatic carbocycles. The third-order valence-corrected chi connectivity index (χ3v) is 4.22. The first-order valence-electron chi connectivity index (χ1n) is 6.76. The normalized spacial score (nSPS) is 26.4. The molecule has 126 valence electrons. The molecule has 3 atom stereocenters. The third kappa shape index (κ3) is 2.92. The van der Waals surface area contributed by atoms with E-state index in [1.807, 2.05) is 0 Å². The zero-order chi connectivity index (χ0) is 17.4. The Balaban J connectivity index is 2.46. The maximum atomic E-state index is 13.0. The minimum atomic E-state index is -4.61. The number of carboxylic acid groups (broad SMARTS) is 1. The quantitative estimate of drug-likeness (QED) is 0.709. The number of alkyl halides is 3. The van der Waals surface area contributed by atoms with Crippen molar-refractivity contribution in [3.63, 3.8) is 0 Å². The van der Waals surface area contributed by atoms with E-state index in [-0.39, 0.29) is 11.5 Å². The standard InChI is InChI=1S/C13H15F3N4O3/c1-6(8-2-3-9(17)20-19-8)12(11(22)23)4-7(13(14,15)16)5-18-10(12)21/h2-3,6-7H,4-5H2,1H3,(H2,17,20)(H,18,21)(H,22,23)/t6?,7-,12?/m1/s1. The number of carbonyl (C=O) groups excluding carboxylic acids is 1. The fourth-order valence-corrected chi connectivity index (χ4v) is 2.74. The maximum Gasteiger partial charge on any atom is 0.393 e. The smallest absolute Gasteiger partial charge is 0.393 e. The Morgan fingerprint density at radius 3 is 2.61 bits per heavy atom. The molecule has 1 aromatic heterocycles. The van der Waals surface area contributed by atoms with Crippen molar-refractivity contribution in [2.24, 2.45) is 11.3 Å². The zero-order valence-electron chi connectivity index (χ0n) is 12.1. The van der Waals surface area contributed by atoms with Gasteiger partial charge in [-0.2, -0.15) is 18.3 Å². The Labute approximate surface area is 129 Å². The summed E-state index contributed by atoms with van der Waals surface area (Å²) in [4.78, 5) is 23.9. The predicted molar refractivity (Wildman–Crippen MR) is 72.1 cm³/mol. The molecule has 0 spiro atoms. The summed E-state index contributed by atoms with van der Waals surface area (Å²) in [6.45, 7) is 0.699. The summed E-state index contributed by atoms with van der Waals surface area (Å²) in [7, 11) is 0. The predicted octanol–water partition coefficient (Wildman–Crippen LogP) is 0.932. The van der Waals surface area contributed by atoms with Crippen LogP contribution in [0.15, 0.2) is 12.1 Å². The van der Waals surface area contributed by atoms with Gasteiger partial charge in [0.1, 0.15) is 5.82 Å². The number of nitrogens with two attached hydrogens (primary N) is 1. The first kappa shape index (κ1) is 17.0. The van der Waals surface area contributed by atoms with E-state index in [4.69, 9.17) is 5.73 Å². The van der Waals surface area contributed by atoms with Crippen molar-refractivity contribution >= 4 is 17.7 Å². The molecule has 7 nitrogen and oxygen atoms in total. The molecule has 0 bridgehead atoms. The van der Waals surface area contributed by atoms with E-state index in [1.54, 1.807) is 0 Å². The number of piperidine rings is 1. The van der Waals surface area contributed by atoms with Crippen LogP contribution in [0.4, 0.5) is 19.0 Å². The maximum absolute atomic E-state index is 13.0. The minimum Gasteiger partial charge on any atom is -0.480 e. The monoisotopic (exact) mass is 332 g/mol. The summed E-state index contributed by atoms with van der Waals surface area (Å²) < 4.78 is 39.0. The Morgan fingerprint density at radius 2 is 2.13 bits per heavy atom. The van der Waals surface area contributed by atoms with Gasteiger partial charge in [0.2, 0.25) is 5.91 Å². The van der Waals surface area contributed by atoms with Crippen molar-refractivity contribution < 1.29 is 27.9 Å². The molecule has 1 fully saturated rings. The number of hydrogen-bond donors (Lipinski definition) is 3. The van der Waals surface area contributed by atoms with Crippen LogP contribution in [0.25, 0.3) is 0 Å². The lowest BCUT2D eigenvalue weighted by Gasteiger charge is -2.40. The number of nitrogen functional groups attached to an aromatic ring is 1. The van der Waals surface area contributed by atoms with Crippen molar-refractivity contribution in [1.82, 2.24) is 15.5 Å². The van der Waals surface area contributed by atoms with E-state index < -0.39 is 48.3 Å². The van der Waals surface area contributed by atoms with E-state index in [0.29, 0.717) is 0 Å². The second-order valence-corrected chi connectivity index (χ2v) is 5.53. The number of aromatic nitrogens is 2. The van der Waals surface area contributed by atoms with Crippen molar-refractivity contribution in [2.45, 2.75) is 25.4 Å². The van der Waals surface area contributed by atoms with Gasteiger partial charge >= 0.3 is 12.1 Å². The molecular weight excluding hydrogens is 317 g/mol. The molecule has 2 rings (SSSR count). The number of carboxylic acids is 1. The number of hydrogen-bond acceptors (Lipinski definition) is 5. The molecule has 10 heteroatoms. The number of aliphatic carboxylic acids is 1. The van der Waals surface area contributed by atoms with Crippen LogP contribution in [-0.4, -0.2) is 39.9 Å². The Morgan fingerprint density at radius 1 is 1.48 bits per heavy atom. The average Bonchev–Trinajstić information content (AvgIpc) is 2.46. The summed E-state index contributed by atoms with van der Waals surface area (Å²) >= 11 is 0. The van der Waals surface area contributed by atoms with E-state index in [9.17, 15) is 27.9 Å². The van der Waals surface area contributed by atoms with Gasteiger partial charge in [-0.3, -0.25) is 9.59 Å². The summed E-state index contributed by atoms with van der Waals surface area (Å²) in [5.41, 5.74) is 3.19. The van der Waals surface area contributed by atoms with Crippen molar-refractivity contribution in [1.29, 1.82) is 0 Å². The third-order valence-electron chi connectivity index (χ3n) is 4.22. The molecule has 1 aliphatic rings. The number of amides is 1. The second-order valence-electron chi connectivity index (χ2n) is 5.53. The SMILES string of the molecule is CC(c1ccc(N)nn1)C1(C(=O)O)C[C@@H](C(F)(F)F)CNC1=O. The molecule has 1 saturated heterocycles. The number of halogens is 3. The van der Waals surface area contributed by atoms with Gasteiger partial charge in [0.25, 0.3) is 0 Å². The van der Waals surface area contributed by atoms with Crippen LogP contribution in [0, 0.1) is 11.3 Å². The van der Waals surface area contributed by atoms with Gasteiger partial charge in [0, 0.05) is 12.5 Å². The molecule has 2 unspecified atom stereocenters. The summed E-state index contributed by atoms with van der Waals surface area (Å²) in [5, 5.41) is 18.9. The van der Waals surface area contributed by atoms with Gasteiger partial charge in [-0.1, -0.05) is 6.92 Å². The highest BCUT2D eigenvalue weighted by atomic mass is 19.4. The number of rotatable bonds is 3. The van der Waals surface area contributed by atoms with Crippen LogP contribution in [-0.2, 0) is 9.59 Å². The van der Waals surface area contributed by atoms with Gasteiger partial charge in [-0.15, -0.1) is 5.10 Å². The lowest BCUT2D eigenvalue weighted by atomic mass is 9.66. The number of nitrogens with one attached hydrogen (secondary N) is 1. The highest BCUT2D eigenvalue weighted by molar-refractivity contribution is 6.03. The summed E-state index contributed by atoms with van der Waals surface area (Å²) in [6.07, 6.45) is -5.47. The van der Waals surface area contributed by atoms with Gasteiger partial charge in [0.15, 0.2) is 5.41 Å². The van der Waals surface area contributed by atoms with Crippen LogP contribution < -0.4 is 11.1 Å². The van der Waals surface area contributed by atoms with E-state index in [1.165, 1.54) is 19.1 Å². The zero-order valence-corrected chi connectivity index (χ0v) is 12.1. The van der Waals surface area contributed by atoms with E-state index in [2.05, 4.69) is 15.5 Å². The number of carbonyl (C=O) groups is 2. The van der Waals surface area contributed by atoms with Crippen LogP contribution in [0.2, 0.25) is 0 Å². The number of nitrogens with zero attached hydrogens (tertiary/aromatic N) is 2. The van der Waals surface area contributed by atoms with Gasteiger partial charge in [0.05, 0.1) is 11.6 Å². The van der Waals surface area contributed by atoms with Gasteiger partial charge < -0.3 is 16.2 Å². The summed E-state index contributed by atoms with van der Waals surface area (Å²) in [6, 6.07) is 2.69. The van der Waals surface area contributed by atoms with Crippen LogP contribution in [0.5, 0.6) is 0 Å². The number of anilines is 1. The lowest BCUT2D eigenvalue weighted by Crippen LogP contribution is -2.58.